The summed E-state index contributed by atoms with van der Waals surface area (Å²) in [5.74, 6) is -1.84. The minimum absolute atomic E-state index is 0.0190. The highest BCUT2D eigenvalue weighted by atomic mass is 16.5. The van der Waals surface area contributed by atoms with E-state index in [1.807, 2.05) is 27.7 Å². The first-order valence-electron chi connectivity index (χ1n) is 17.0. The first-order valence-corrected chi connectivity index (χ1v) is 17.0. The zero-order chi connectivity index (χ0) is 34.5. The van der Waals surface area contributed by atoms with Gasteiger partial charge in [-0.05, 0) is 56.8 Å². The fourth-order valence-corrected chi connectivity index (χ4v) is 8.23. The van der Waals surface area contributed by atoms with Crippen molar-refractivity contribution in [2.45, 2.75) is 129 Å². The van der Waals surface area contributed by atoms with Crippen LogP contribution in [0.25, 0.3) is 0 Å². The number of nitrogens with one attached hydrogen (secondary N) is 1. The molecule has 0 aromatic rings. The van der Waals surface area contributed by atoms with Crippen LogP contribution in [0.3, 0.4) is 0 Å². The zero-order valence-electron chi connectivity index (χ0n) is 29.6. The fourth-order valence-electron chi connectivity index (χ4n) is 8.23. The maximum Gasteiger partial charge on any atom is 0.311 e. The lowest BCUT2D eigenvalue weighted by molar-refractivity contribution is -0.154. The number of carbonyl (C=O) groups excluding carboxylic acids is 5. The second-order valence-electron chi connectivity index (χ2n) is 13.9. The van der Waals surface area contributed by atoms with Gasteiger partial charge in [-0.1, -0.05) is 34.1 Å². The molecule has 12 heteroatoms. The van der Waals surface area contributed by atoms with Gasteiger partial charge >= 0.3 is 5.97 Å². The maximum atomic E-state index is 14.2. The van der Waals surface area contributed by atoms with Crippen LogP contribution in [0.5, 0.6) is 0 Å². The predicted molar refractivity (Wildman–Crippen MR) is 172 cm³/mol. The molecular formula is C34H58N4O8. The van der Waals surface area contributed by atoms with E-state index >= 15 is 0 Å². The Kier molecular flexibility index (Phi) is 13.4. The highest BCUT2D eigenvalue weighted by molar-refractivity contribution is 5.93. The molecule has 12 nitrogen and oxygen atoms in total. The van der Waals surface area contributed by atoms with Gasteiger partial charge in [0.1, 0.15) is 12.1 Å². The SMILES string of the molecule is CC[C@H](C)[C@@H]([C@@H](CC(=O)N1CCC[C@H]1C(OC)C(C)C(=O)OC)OC)N(C)C(=O)[C@@H](NC(=O)[C@@H]1[C@H]2CC[C@H](C2)N1C(C)=O)C(C)C. The molecule has 0 spiro atoms. The monoisotopic (exact) mass is 650 g/mol. The number of likely N-dealkylation sites (tertiary alicyclic amines) is 2. The Morgan fingerprint density at radius 2 is 1.65 bits per heavy atom. The third-order valence-electron chi connectivity index (χ3n) is 10.9. The van der Waals surface area contributed by atoms with E-state index in [1.165, 1.54) is 14.0 Å². The Hall–Kier alpha value is -2.73. The Labute approximate surface area is 275 Å². The van der Waals surface area contributed by atoms with Crippen LogP contribution in [0.1, 0.15) is 86.5 Å². The smallest absolute Gasteiger partial charge is 0.311 e. The second kappa shape index (κ2) is 16.4. The Morgan fingerprint density at radius 1 is 0.978 bits per heavy atom. The third kappa shape index (κ3) is 7.86. The molecule has 46 heavy (non-hydrogen) atoms. The minimum atomic E-state index is -0.810. The van der Waals surface area contributed by atoms with Crippen molar-refractivity contribution in [2.75, 3.05) is 34.9 Å². The number of rotatable bonds is 15. The topological polar surface area (TPSA) is 135 Å². The second-order valence-corrected chi connectivity index (χ2v) is 13.9. The van der Waals surface area contributed by atoms with Gasteiger partial charge in [0, 0.05) is 40.8 Å². The number of esters is 1. The van der Waals surface area contributed by atoms with E-state index < -0.39 is 36.3 Å². The number of likely N-dealkylation sites (N-methyl/N-ethyl adjacent to an activating group) is 1. The van der Waals surface area contributed by atoms with Gasteiger partial charge in [0.15, 0.2) is 0 Å². The summed E-state index contributed by atoms with van der Waals surface area (Å²) in [6.45, 7) is 11.6. The minimum Gasteiger partial charge on any atom is -0.469 e. The normalized spacial score (nSPS) is 26.3. The van der Waals surface area contributed by atoms with E-state index in [1.54, 1.807) is 42.9 Å². The van der Waals surface area contributed by atoms with Crippen molar-refractivity contribution in [3.8, 4) is 0 Å². The van der Waals surface area contributed by atoms with Crippen molar-refractivity contribution in [2.24, 2.45) is 23.7 Å². The molecule has 4 amide bonds. The lowest BCUT2D eigenvalue weighted by Crippen LogP contribution is -2.60. The van der Waals surface area contributed by atoms with Gasteiger partial charge in [0.25, 0.3) is 0 Å². The third-order valence-corrected chi connectivity index (χ3v) is 10.9. The van der Waals surface area contributed by atoms with E-state index in [2.05, 4.69) is 5.32 Å². The molecule has 2 heterocycles. The number of ether oxygens (including phenoxy) is 3. The molecule has 1 saturated carbocycles. The molecule has 1 aliphatic carbocycles. The summed E-state index contributed by atoms with van der Waals surface area (Å²) in [5, 5.41) is 3.02. The van der Waals surface area contributed by atoms with Crippen molar-refractivity contribution < 1.29 is 38.2 Å². The molecule has 1 N–H and O–H groups in total. The number of hydrogen-bond acceptors (Lipinski definition) is 8. The number of fused-ring (bicyclic) bond motifs is 2. The number of carbonyl (C=O) groups is 5. The molecule has 3 fully saturated rings. The van der Waals surface area contributed by atoms with Gasteiger partial charge in [-0.15, -0.1) is 0 Å². The molecule has 2 aliphatic heterocycles. The number of piperidine rings is 1. The van der Waals surface area contributed by atoms with Crippen molar-refractivity contribution >= 4 is 29.6 Å². The lowest BCUT2D eigenvalue weighted by Gasteiger charge is -2.41. The number of nitrogens with zero attached hydrogens (tertiary/aromatic N) is 3. The van der Waals surface area contributed by atoms with Crippen LogP contribution in [-0.2, 0) is 38.2 Å². The standard InChI is InChI=1S/C34H58N4O8/c1-11-20(4)29(26(44-8)18-27(40)37-16-12-13-25(37)31(45-9)21(5)34(43)46-10)36(7)33(42)28(19(2)3)35-32(41)30-23-14-15-24(17-23)38(30)22(6)39/h19-21,23-26,28-31H,11-18H2,1-10H3,(H,35,41)/t20-,21?,23-,24+,25-,26+,28-,29-,30-,31?/m0/s1. The van der Waals surface area contributed by atoms with Crippen molar-refractivity contribution in [1.82, 2.24) is 20.0 Å². The van der Waals surface area contributed by atoms with Crippen LogP contribution in [-0.4, -0.2) is 122 Å². The summed E-state index contributed by atoms with van der Waals surface area (Å²) in [6.07, 6.45) is 3.77. The average Bonchev–Trinajstić information content (AvgIpc) is 3.79. The van der Waals surface area contributed by atoms with Gasteiger partial charge < -0.3 is 34.2 Å². The largest absolute Gasteiger partial charge is 0.469 e. The molecule has 0 radical (unpaired) electrons. The van der Waals surface area contributed by atoms with Crippen LogP contribution < -0.4 is 5.32 Å². The molecule has 3 aliphatic rings. The van der Waals surface area contributed by atoms with Gasteiger partial charge in [0.05, 0.1) is 43.7 Å². The van der Waals surface area contributed by atoms with E-state index in [0.717, 1.165) is 32.1 Å². The van der Waals surface area contributed by atoms with E-state index in [9.17, 15) is 24.0 Å². The quantitative estimate of drug-likeness (QED) is 0.268. The highest BCUT2D eigenvalue weighted by Gasteiger charge is 2.51. The summed E-state index contributed by atoms with van der Waals surface area (Å²) in [4.78, 5) is 71.6. The molecule has 3 rings (SSSR count). The number of hydrogen-bond donors (Lipinski definition) is 1. The Morgan fingerprint density at radius 3 is 2.20 bits per heavy atom. The van der Waals surface area contributed by atoms with E-state index in [0.29, 0.717) is 13.0 Å². The molecule has 2 bridgehead atoms. The van der Waals surface area contributed by atoms with E-state index in [-0.39, 0.29) is 65.9 Å². The molecule has 2 saturated heterocycles. The molecule has 10 atom stereocenters. The van der Waals surface area contributed by atoms with Crippen LogP contribution in [0.4, 0.5) is 0 Å². The summed E-state index contributed by atoms with van der Waals surface area (Å²) < 4.78 is 16.6. The zero-order valence-corrected chi connectivity index (χ0v) is 29.6. The average molecular weight is 651 g/mol. The summed E-state index contributed by atoms with van der Waals surface area (Å²) in [7, 11) is 6.15. The highest BCUT2D eigenvalue weighted by Crippen LogP contribution is 2.42. The molecular weight excluding hydrogens is 592 g/mol. The summed E-state index contributed by atoms with van der Waals surface area (Å²) in [5.41, 5.74) is 0. The molecule has 262 valence electrons. The number of amides is 4. The maximum absolute atomic E-state index is 14.2. The first-order chi connectivity index (χ1) is 21.7. The van der Waals surface area contributed by atoms with Gasteiger partial charge in [-0.2, -0.15) is 0 Å². The van der Waals surface area contributed by atoms with Crippen LogP contribution in [0.15, 0.2) is 0 Å². The van der Waals surface area contributed by atoms with Crippen LogP contribution >= 0.6 is 0 Å². The first kappa shape index (κ1) is 37.7. The van der Waals surface area contributed by atoms with E-state index in [4.69, 9.17) is 14.2 Å². The van der Waals surface area contributed by atoms with Crippen molar-refractivity contribution in [1.29, 1.82) is 0 Å². The Balaban J connectivity index is 1.79. The van der Waals surface area contributed by atoms with Crippen LogP contribution in [0.2, 0.25) is 0 Å². The molecule has 0 aromatic heterocycles. The molecule has 2 unspecified atom stereocenters. The molecule has 0 aromatic carbocycles. The summed E-state index contributed by atoms with van der Waals surface area (Å²) >= 11 is 0. The summed E-state index contributed by atoms with van der Waals surface area (Å²) in [6, 6.07) is -2.02. The Bertz CT molecular complexity index is 1100. The van der Waals surface area contributed by atoms with Crippen LogP contribution in [0, 0.1) is 23.7 Å². The predicted octanol–water partition coefficient (Wildman–Crippen LogP) is 2.62. The van der Waals surface area contributed by atoms with Crippen molar-refractivity contribution in [3.63, 3.8) is 0 Å². The lowest BCUT2D eigenvalue weighted by atomic mass is 9.89. The fraction of sp³-hybridized carbons (Fsp3) is 0.853. The van der Waals surface area contributed by atoms with Gasteiger partial charge in [0.2, 0.25) is 23.6 Å². The number of methoxy groups -OCH3 is 3. The van der Waals surface area contributed by atoms with Crippen molar-refractivity contribution in [3.05, 3.63) is 0 Å². The van der Waals surface area contributed by atoms with Gasteiger partial charge in [-0.3, -0.25) is 24.0 Å². The van der Waals surface area contributed by atoms with Gasteiger partial charge in [-0.25, -0.2) is 0 Å².